The van der Waals surface area contributed by atoms with Crippen LogP contribution in [0.3, 0.4) is 0 Å². The molecule has 1 rings (SSSR count). The number of allylic oxidation sites excluding steroid dienone is 1. The molecular weight excluding hydrogens is 191 g/mol. The lowest BCUT2D eigenvalue weighted by atomic mass is 10.1. The van der Waals surface area contributed by atoms with E-state index < -0.39 is 0 Å². The van der Waals surface area contributed by atoms with E-state index in [2.05, 4.69) is 0 Å². The second-order valence-electron chi connectivity index (χ2n) is 3.62. The number of hydrogen-bond acceptors (Lipinski definition) is 2. The molecule has 0 unspecified atom stereocenters. The third-order valence-electron chi connectivity index (χ3n) is 2.18. The summed E-state index contributed by atoms with van der Waals surface area (Å²) in [6, 6.07) is 8.01. The first-order chi connectivity index (χ1) is 7.13. The molecule has 0 bridgehead atoms. The topological polar surface area (TPSA) is 29.3 Å². The summed E-state index contributed by atoms with van der Waals surface area (Å²) in [5, 5.41) is 0. The zero-order chi connectivity index (χ0) is 11.3. The van der Waals surface area contributed by atoms with Gasteiger partial charge in [-0.1, -0.05) is 12.1 Å². The molecule has 1 aromatic rings. The minimum atomic E-state index is -0.259. The van der Waals surface area contributed by atoms with E-state index in [1.165, 1.54) is 6.08 Å². The van der Waals surface area contributed by atoms with Gasteiger partial charge in [0, 0.05) is 26.3 Å². The van der Waals surface area contributed by atoms with Gasteiger partial charge in [-0.25, -0.2) is 4.39 Å². The number of rotatable bonds is 4. The van der Waals surface area contributed by atoms with Gasteiger partial charge in [0.2, 0.25) is 0 Å². The summed E-state index contributed by atoms with van der Waals surface area (Å²) in [7, 11) is 3.96. The number of nitrogens with zero attached hydrogens (tertiary/aromatic N) is 1. The van der Waals surface area contributed by atoms with Crippen LogP contribution in [0.5, 0.6) is 0 Å². The molecular formula is C12H17FN2. The fraction of sp³-hybridized carbons (Fsp3) is 0.333. The van der Waals surface area contributed by atoms with Crippen molar-refractivity contribution in [3.8, 4) is 0 Å². The molecule has 0 heterocycles. The molecule has 0 spiro atoms. The largest absolute Gasteiger partial charge is 0.378 e. The molecule has 2 nitrogen and oxygen atoms in total. The van der Waals surface area contributed by atoms with Crippen LogP contribution in [0.1, 0.15) is 5.56 Å². The quantitative estimate of drug-likeness (QED) is 0.821. The second-order valence-corrected chi connectivity index (χ2v) is 3.62. The van der Waals surface area contributed by atoms with Crippen LogP contribution < -0.4 is 10.6 Å². The van der Waals surface area contributed by atoms with Gasteiger partial charge in [-0.15, -0.1) is 0 Å². The van der Waals surface area contributed by atoms with Crippen molar-refractivity contribution in [1.29, 1.82) is 0 Å². The predicted octanol–water partition coefficient (Wildman–Crippen LogP) is 2.11. The van der Waals surface area contributed by atoms with Crippen LogP contribution in [0, 0.1) is 0 Å². The molecule has 0 fully saturated rings. The molecule has 15 heavy (non-hydrogen) atoms. The summed E-state index contributed by atoms with van der Waals surface area (Å²) >= 11 is 0. The summed E-state index contributed by atoms with van der Waals surface area (Å²) < 4.78 is 12.8. The van der Waals surface area contributed by atoms with Gasteiger partial charge < -0.3 is 10.6 Å². The third kappa shape index (κ3) is 3.72. The van der Waals surface area contributed by atoms with Crippen LogP contribution in [-0.4, -0.2) is 20.6 Å². The minimum Gasteiger partial charge on any atom is -0.378 e. The van der Waals surface area contributed by atoms with Gasteiger partial charge in [0.1, 0.15) is 5.83 Å². The maximum Gasteiger partial charge on any atom is 0.110 e. The van der Waals surface area contributed by atoms with E-state index in [0.29, 0.717) is 6.42 Å². The maximum atomic E-state index is 12.8. The summed E-state index contributed by atoms with van der Waals surface area (Å²) in [6.07, 6.45) is 2.11. The number of halogens is 1. The van der Waals surface area contributed by atoms with E-state index >= 15 is 0 Å². The van der Waals surface area contributed by atoms with Gasteiger partial charge in [-0.3, -0.25) is 0 Å². The van der Waals surface area contributed by atoms with E-state index in [0.717, 1.165) is 11.3 Å². The van der Waals surface area contributed by atoms with Crippen molar-refractivity contribution in [1.82, 2.24) is 0 Å². The SMILES string of the molecule is CN(C)c1cccc(CC=C(F)CN)c1. The van der Waals surface area contributed by atoms with Gasteiger partial charge in [-0.2, -0.15) is 0 Å². The number of hydrogen-bond donors (Lipinski definition) is 1. The first-order valence-electron chi connectivity index (χ1n) is 4.94. The molecule has 0 saturated carbocycles. The Labute approximate surface area is 90.2 Å². The molecule has 0 saturated heterocycles. The van der Waals surface area contributed by atoms with Crippen molar-refractivity contribution in [2.24, 2.45) is 5.73 Å². The van der Waals surface area contributed by atoms with Crippen molar-refractivity contribution < 1.29 is 4.39 Å². The molecule has 0 atom stereocenters. The molecule has 0 amide bonds. The van der Waals surface area contributed by atoms with Gasteiger partial charge in [0.25, 0.3) is 0 Å². The van der Waals surface area contributed by atoms with Crippen LogP contribution in [0.4, 0.5) is 10.1 Å². The Morgan fingerprint density at radius 2 is 2.20 bits per heavy atom. The Morgan fingerprint density at radius 1 is 1.47 bits per heavy atom. The third-order valence-corrected chi connectivity index (χ3v) is 2.18. The van der Waals surface area contributed by atoms with Crippen LogP contribution in [0.25, 0.3) is 0 Å². The van der Waals surface area contributed by atoms with Gasteiger partial charge in [-0.05, 0) is 30.2 Å². The van der Waals surface area contributed by atoms with Crippen molar-refractivity contribution in [2.75, 3.05) is 25.5 Å². The summed E-state index contributed by atoms with van der Waals surface area (Å²) in [6.45, 7) is -0.0205. The van der Waals surface area contributed by atoms with Gasteiger partial charge in [0.15, 0.2) is 0 Å². The number of anilines is 1. The lowest BCUT2D eigenvalue weighted by molar-refractivity contribution is 0.614. The lowest BCUT2D eigenvalue weighted by Gasteiger charge is -2.12. The van der Waals surface area contributed by atoms with Crippen molar-refractivity contribution in [3.63, 3.8) is 0 Å². The van der Waals surface area contributed by atoms with Gasteiger partial charge >= 0.3 is 0 Å². The molecule has 0 aliphatic heterocycles. The van der Waals surface area contributed by atoms with E-state index in [1.54, 1.807) is 0 Å². The van der Waals surface area contributed by atoms with Crippen molar-refractivity contribution >= 4 is 5.69 Å². The number of benzene rings is 1. The Balaban J connectivity index is 2.74. The average Bonchev–Trinajstić information content (AvgIpc) is 2.26. The molecule has 3 heteroatoms. The molecule has 0 aliphatic carbocycles. The standard InChI is InChI=1S/C12H17FN2/c1-15(2)12-5-3-4-10(8-12)6-7-11(13)9-14/h3-5,7-8H,6,9,14H2,1-2H3. The highest BCUT2D eigenvalue weighted by Crippen LogP contribution is 2.14. The highest BCUT2D eigenvalue weighted by molar-refractivity contribution is 5.47. The lowest BCUT2D eigenvalue weighted by Crippen LogP contribution is -2.08. The predicted molar refractivity (Wildman–Crippen MR) is 62.7 cm³/mol. The summed E-state index contributed by atoms with van der Waals surface area (Å²) in [5.74, 6) is -0.259. The highest BCUT2D eigenvalue weighted by atomic mass is 19.1. The van der Waals surface area contributed by atoms with Gasteiger partial charge in [0.05, 0.1) is 0 Å². The van der Waals surface area contributed by atoms with Crippen LogP contribution >= 0.6 is 0 Å². The Bertz CT molecular complexity index is 345. The normalized spacial score (nSPS) is 11.6. The average molecular weight is 208 g/mol. The monoisotopic (exact) mass is 208 g/mol. The zero-order valence-electron chi connectivity index (χ0n) is 9.20. The van der Waals surface area contributed by atoms with Crippen molar-refractivity contribution in [3.05, 3.63) is 41.7 Å². The van der Waals surface area contributed by atoms with E-state index in [-0.39, 0.29) is 12.4 Å². The van der Waals surface area contributed by atoms with E-state index in [9.17, 15) is 4.39 Å². The van der Waals surface area contributed by atoms with E-state index in [4.69, 9.17) is 5.73 Å². The molecule has 0 aliphatic rings. The Hall–Kier alpha value is -1.35. The van der Waals surface area contributed by atoms with Crippen LogP contribution in [-0.2, 0) is 6.42 Å². The van der Waals surface area contributed by atoms with E-state index in [1.807, 2.05) is 43.3 Å². The highest BCUT2D eigenvalue weighted by Gasteiger charge is 1.97. The molecule has 0 radical (unpaired) electrons. The molecule has 82 valence electrons. The fourth-order valence-electron chi connectivity index (χ4n) is 1.27. The first kappa shape index (κ1) is 11.7. The first-order valence-corrected chi connectivity index (χ1v) is 4.94. The Morgan fingerprint density at radius 3 is 2.80 bits per heavy atom. The minimum absolute atomic E-state index is 0.0205. The maximum absolute atomic E-state index is 12.8. The summed E-state index contributed by atoms with van der Waals surface area (Å²) in [4.78, 5) is 2.02. The summed E-state index contributed by atoms with van der Waals surface area (Å²) in [5.41, 5.74) is 7.37. The smallest absolute Gasteiger partial charge is 0.110 e. The van der Waals surface area contributed by atoms with Crippen LogP contribution in [0.2, 0.25) is 0 Å². The van der Waals surface area contributed by atoms with Crippen molar-refractivity contribution in [2.45, 2.75) is 6.42 Å². The van der Waals surface area contributed by atoms with Crippen LogP contribution in [0.15, 0.2) is 36.2 Å². The molecule has 1 aromatic carbocycles. The zero-order valence-corrected chi connectivity index (χ0v) is 9.20. The molecule has 0 aromatic heterocycles. The molecule has 2 N–H and O–H groups in total. The second kappa shape index (κ2) is 5.51. The fourth-order valence-corrected chi connectivity index (χ4v) is 1.27. The Kier molecular flexibility index (Phi) is 4.31. The number of nitrogens with two attached hydrogens (primary N) is 1.